The lowest BCUT2D eigenvalue weighted by molar-refractivity contribution is -0.122. The van der Waals surface area contributed by atoms with Crippen LogP contribution < -0.4 is 10.2 Å². The zero-order chi connectivity index (χ0) is 21.0. The summed E-state index contributed by atoms with van der Waals surface area (Å²) in [4.78, 5) is 20.8. The number of hydrogen-bond donors (Lipinski definition) is 2. The second-order valence-electron chi connectivity index (χ2n) is 9.10. The first kappa shape index (κ1) is 20.1. The second-order valence-corrected chi connectivity index (χ2v) is 9.10. The van der Waals surface area contributed by atoms with Crippen LogP contribution in [0.1, 0.15) is 30.9 Å². The number of benzene rings is 2. The van der Waals surface area contributed by atoms with Gasteiger partial charge in [0.2, 0.25) is 5.91 Å². The Hall–Kier alpha value is -2.79. The standard InChI is InChI=1S/C26H32N4O/c31-26(27-17-20-10-15-30(18-20)23-7-2-1-3-8-23)19-29-13-11-21(12-14-29)25-16-22-6-4-5-9-24(22)28-25/h1-9,16,20-21,28H,10-15,17-19H2,(H,27,31)/t20-/m1/s1. The molecule has 2 fully saturated rings. The summed E-state index contributed by atoms with van der Waals surface area (Å²) in [6, 6.07) is 21.3. The number of fused-ring (bicyclic) bond motifs is 1. The van der Waals surface area contributed by atoms with Crippen LogP contribution in [0.3, 0.4) is 0 Å². The number of rotatable bonds is 6. The molecule has 3 heterocycles. The van der Waals surface area contributed by atoms with Crippen LogP contribution in [0.4, 0.5) is 5.69 Å². The SMILES string of the molecule is O=C(CN1CCC(c2cc3ccccc3[nH]2)CC1)NC[C@H]1CCN(c2ccccc2)C1. The van der Waals surface area contributed by atoms with Crippen molar-refractivity contribution in [3.63, 3.8) is 0 Å². The van der Waals surface area contributed by atoms with Crippen LogP contribution >= 0.6 is 0 Å². The molecule has 5 rings (SSSR count). The number of anilines is 1. The average Bonchev–Trinajstić information content (AvgIpc) is 3.46. The minimum atomic E-state index is 0.169. The molecular formula is C26H32N4O. The smallest absolute Gasteiger partial charge is 0.234 e. The third kappa shape index (κ3) is 4.77. The summed E-state index contributed by atoms with van der Waals surface area (Å²) in [5, 5.41) is 4.48. The van der Waals surface area contributed by atoms with E-state index in [1.165, 1.54) is 22.3 Å². The molecule has 0 aliphatic carbocycles. The van der Waals surface area contributed by atoms with Crippen molar-refractivity contribution in [1.82, 2.24) is 15.2 Å². The van der Waals surface area contributed by atoms with E-state index >= 15 is 0 Å². The Labute approximate surface area is 184 Å². The summed E-state index contributed by atoms with van der Waals surface area (Å²) in [6.45, 7) is 5.38. The molecule has 3 aromatic rings. The van der Waals surface area contributed by atoms with Crippen molar-refractivity contribution in [3.8, 4) is 0 Å². The van der Waals surface area contributed by atoms with Crippen molar-refractivity contribution >= 4 is 22.5 Å². The van der Waals surface area contributed by atoms with Gasteiger partial charge in [0.25, 0.3) is 0 Å². The molecule has 31 heavy (non-hydrogen) atoms. The number of carbonyl (C=O) groups is 1. The van der Waals surface area contributed by atoms with Crippen molar-refractivity contribution in [2.45, 2.75) is 25.2 Å². The zero-order valence-corrected chi connectivity index (χ0v) is 18.1. The Morgan fingerprint density at radius 2 is 1.74 bits per heavy atom. The molecule has 0 bridgehead atoms. The van der Waals surface area contributed by atoms with Gasteiger partial charge in [0.1, 0.15) is 0 Å². The number of aromatic amines is 1. The van der Waals surface area contributed by atoms with E-state index in [-0.39, 0.29) is 5.91 Å². The van der Waals surface area contributed by atoms with Crippen LogP contribution in [0.15, 0.2) is 60.7 Å². The summed E-state index contributed by atoms with van der Waals surface area (Å²) < 4.78 is 0. The summed E-state index contributed by atoms with van der Waals surface area (Å²) in [5.41, 5.74) is 3.85. The van der Waals surface area contributed by atoms with Gasteiger partial charge in [-0.1, -0.05) is 36.4 Å². The van der Waals surface area contributed by atoms with Gasteiger partial charge < -0.3 is 15.2 Å². The molecule has 0 unspecified atom stereocenters. The maximum absolute atomic E-state index is 12.5. The number of nitrogens with zero attached hydrogens (tertiary/aromatic N) is 2. The van der Waals surface area contributed by atoms with Gasteiger partial charge in [-0.2, -0.15) is 0 Å². The van der Waals surface area contributed by atoms with E-state index in [0.29, 0.717) is 18.4 Å². The molecule has 2 saturated heterocycles. The molecule has 2 aliphatic rings. The van der Waals surface area contributed by atoms with Crippen molar-refractivity contribution < 1.29 is 4.79 Å². The van der Waals surface area contributed by atoms with Crippen LogP contribution in [-0.4, -0.2) is 55.1 Å². The molecule has 2 aromatic carbocycles. The normalized spacial score (nSPS) is 20.4. The lowest BCUT2D eigenvalue weighted by Crippen LogP contribution is -2.42. The third-order valence-corrected chi connectivity index (χ3v) is 6.94. The quantitative estimate of drug-likeness (QED) is 0.639. The monoisotopic (exact) mass is 416 g/mol. The average molecular weight is 417 g/mol. The van der Waals surface area contributed by atoms with E-state index < -0.39 is 0 Å². The molecule has 1 aromatic heterocycles. The van der Waals surface area contributed by atoms with E-state index in [2.05, 4.69) is 80.8 Å². The predicted octanol–water partition coefficient (Wildman–Crippen LogP) is 3.99. The number of nitrogens with one attached hydrogen (secondary N) is 2. The van der Waals surface area contributed by atoms with E-state index in [4.69, 9.17) is 0 Å². The predicted molar refractivity (Wildman–Crippen MR) is 126 cm³/mol. The molecule has 0 spiro atoms. The largest absolute Gasteiger partial charge is 0.371 e. The maximum atomic E-state index is 12.5. The fraction of sp³-hybridized carbons (Fsp3) is 0.423. The first-order valence-electron chi connectivity index (χ1n) is 11.6. The number of piperidine rings is 1. The number of para-hydroxylation sites is 2. The minimum absolute atomic E-state index is 0.169. The lowest BCUT2D eigenvalue weighted by atomic mass is 9.93. The molecule has 5 heteroatoms. The highest BCUT2D eigenvalue weighted by Gasteiger charge is 2.25. The van der Waals surface area contributed by atoms with E-state index in [1.54, 1.807) is 0 Å². The van der Waals surface area contributed by atoms with Crippen molar-refractivity contribution in [1.29, 1.82) is 0 Å². The van der Waals surface area contributed by atoms with Gasteiger partial charge in [-0.25, -0.2) is 0 Å². The number of carbonyl (C=O) groups excluding carboxylic acids is 1. The molecule has 2 aliphatic heterocycles. The molecule has 0 saturated carbocycles. The van der Waals surface area contributed by atoms with Crippen molar-refractivity contribution in [2.24, 2.45) is 5.92 Å². The number of H-pyrrole nitrogens is 1. The van der Waals surface area contributed by atoms with Crippen LogP contribution in [0.25, 0.3) is 10.9 Å². The zero-order valence-electron chi connectivity index (χ0n) is 18.1. The lowest BCUT2D eigenvalue weighted by Gasteiger charge is -2.31. The van der Waals surface area contributed by atoms with Gasteiger partial charge in [0.05, 0.1) is 6.54 Å². The number of likely N-dealkylation sites (tertiary alicyclic amines) is 1. The van der Waals surface area contributed by atoms with Gasteiger partial charge in [0.15, 0.2) is 0 Å². The number of aromatic nitrogens is 1. The topological polar surface area (TPSA) is 51.4 Å². The van der Waals surface area contributed by atoms with Gasteiger partial charge in [-0.05, 0) is 67.9 Å². The minimum Gasteiger partial charge on any atom is -0.371 e. The van der Waals surface area contributed by atoms with Gasteiger partial charge in [0, 0.05) is 42.5 Å². The summed E-state index contributed by atoms with van der Waals surface area (Å²) in [7, 11) is 0. The van der Waals surface area contributed by atoms with Crippen LogP contribution in [0.5, 0.6) is 0 Å². The Morgan fingerprint density at radius 1 is 0.968 bits per heavy atom. The maximum Gasteiger partial charge on any atom is 0.234 e. The van der Waals surface area contributed by atoms with Crippen LogP contribution in [-0.2, 0) is 4.79 Å². The molecule has 1 amide bonds. The molecule has 2 N–H and O–H groups in total. The number of amides is 1. The highest BCUT2D eigenvalue weighted by molar-refractivity contribution is 5.80. The molecule has 1 atom stereocenters. The second kappa shape index (κ2) is 9.15. The first-order valence-corrected chi connectivity index (χ1v) is 11.6. The van der Waals surface area contributed by atoms with Crippen molar-refractivity contribution in [2.75, 3.05) is 44.2 Å². The number of hydrogen-bond acceptors (Lipinski definition) is 3. The van der Waals surface area contributed by atoms with Gasteiger partial charge >= 0.3 is 0 Å². The molecular weight excluding hydrogens is 384 g/mol. The Bertz CT molecular complexity index is 973. The first-order chi connectivity index (χ1) is 15.2. The summed E-state index contributed by atoms with van der Waals surface area (Å²) in [6.07, 6.45) is 3.36. The molecule has 162 valence electrons. The Kier molecular flexibility index (Phi) is 5.94. The van der Waals surface area contributed by atoms with Crippen LogP contribution in [0, 0.1) is 5.92 Å². The highest BCUT2D eigenvalue weighted by atomic mass is 16.2. The summed E-state index contributed by atoms with van der Waals surface area (Å²) in [5.74, 6) is 1.27. The summed E-state index contributed by atoms with van der Waals surface area (Å²) >= 11 is 0. The third-order valence-electron chi connectivity index (χ3n) is 6.94. The van der Waals surface area contributed by atoms with Gasteiger partial charge in [-0.15, -0.1) is 0 Å². The molecule has 5 nitrogen and oxygen atoms in total. The Morgan fingerprint density at radius 3 is 2.55 bits per heavy atom. The van der Waals surface area contributed by atoms with Gasteiger partial charge in [-0.3, -0.25) is 9.69 Å². The highest BCUT2D eigenvalue weighted by Crippen LogP contribution is 2.29. The van der Waals surface area contributed by atoms with Crippen molar-refractivity contribution in [3.05, 3.63) is 66.4 Å². The molecule has 0 radical (unpaired) electrons. The van der Waals surface area contributed by atoms with E-state index in [1.807, 2.05) is 0 Å². The van der Waals surface area contributed by atoms with E-state index in [0.717, 1.165) is 52.0 Å². The van der Waals surface area contributed by atoms with E-state index in [9.17, 15) is 4.79 Å². The van der Waals surface area contributed by atoms with Crippen LogP contribution in [0.2, 0.25) is 0 Å². The Balaban J connectivity index is 1.04. The fourth-order valence-corrected chi connectivity index (χ4v) is 5.11. The fourth-order valence-electron chi connectivity index (χ4n) is 5.11.